The minimum Gasteiger partial charge on any atom is -0.494 e. The SMILES string of the molecule is CCCOc1cccc(C(=O)NCC(C)(O)c2ccsc2)c1. The maximum absolute atomic E-state index is 12.2. The number of carbonyl (C=O) groups excluding carboxylic acids is 1. The number of carbonyl (C=O) groups is 1. The fourth-order valence-electron chi connectivity index (χ4n) is 1.97. The molecule has 0 saturated heterocycles. The fourth-order valence-corrected chi connectivity index (χ4v) is 2.76. The number of amides is 1. The Labute approximate surface area is 134 Å². The first-order valence-corrected chi connectivity index (χ1v) is 8.23. The van der Waals surface area contributed by atoms with Crippen LogP contribution >= 0.6 is 11.3 Å². The maximum atomic E-state index is 12.2. The molecule has 0 spiro atoms. The third-order valence-electron chi connectivity index (χ3n) is 3.31. The van der Waals surface area contributed by atoms with E-state index >= 15 is 0 Å². The molecule has 1 aromatic carbocycles. The number of benzene rings is 1. The van der Waals surface area contributed by atoms with Gasteiger partial charge in [-0.25, -0.2) is 0 Å². The second-order valence-corrected chi connectivity index (χ2v) is 6.12. The smallest absolute Gasteiger partial charge is 0.251 e. The highest BCUT2D eigenvalue weighted by atomic mass is 32.1. The van der Waals surface area contributed by atoms with Gasteiger partial charge in [-0.3, -0.25) is 4.79 Å². The molecule has 0 aliphatic heterocycles. The van der Waals surface area contributed by atoms with Crippen LogP contribution in [0.5, 0.6) is 5.75 Å². The highest BCUT2D eigenvalue weighted by Gasteiger charge is 2.24. The molecule has 1 aromatic heterocycles. The molecule has 0 radical (unpaired) electrons. The summed E-state index contributed by atoms with van der Waals surface area (Å²) < 4.78 is 5.52. The minimum absolute atomic E-state index is 0.155. The normalized spacial score (nSPS) is 13.4. The predicted octanol–water partition coefficient (Wildman–Crippen LogP) is 3.17. The molecule has 1 atom stereocenters. The summed E-state index contributed by atoms with van der Waals surface area (Å²) in [5, 5.41) is 17.0. The first kappa shape index (κ1) is 16.5. The molecule has 0 saturated carbocycles. The zero-order valence-electron chi connectivity index (χ0n) is 12.8. The van der Waals surface area contributed by atoms with Crippen LogP contribution < -0.4 is 10.1 Å². The van der Waals surface area contributed by atoms with Gasteiger partial charge in [0.25, 0.3) is 5.91 Å². The summed E-state index contributed by atoms with van der Waals surface area (Å²) in [6, 6.07) is 8.92. The van der Waals surface area contributed by atoms with Gasteiger partial charge in [0.05, 0.1) is 13.2 Å². The summed E-state index contributed by atoms with van der Waals surface area (Å²) in [6.45, 7) is 4.50. The summed E-state index contributed by atoms with van der Waals surface area (Å²) in [6.07, 6.45) is 0.917. The van der Waals surface area contributed by atoms with Crippen LogP contribution in [0.2, 0.25) is 0 Å². The summed E-state index contributed by atoms with van der Waals surface area (Å²) in [5.74, 6) is 0.455. The standard InChI is InChI=1S/C17H21NO3S/c1-3-8-21-15-6-4-5-13(10-15)16(19)18-12-17(2,20)14-7-9-22-11-14/h4-7,9-11,20H,3,8,12H2,1-2H3,(H,18,19). The zero-order valence-corrected chi connectivity index (χ0v) is 13.7. The van der Waals surface area contributed by atoms with Crippen molar-refractivity contribution in [3.8, 4) is 5.75 Å². The van der Waals surface area contributed by atoms with Crippen molar-refractivity contribution < 1.29 is 14.6 Å². The average molecular weight is 319 g/mol. The highest BCUT2D eigenvalue weighted by molar-refractivity contribution is 7.08. The van der Waals surface area contributed by atoms with Crippen LogP contribution in [-0.2, 0) is 5.60 Å². The number of aliphatic hydroxyl groups is 1. The second-order valence-electron chi connectivity index (χ2n) is 5.34. The van der Waals surface area contributed by atoms with Gasteiger partial charge in [0.15, 0.2) is 0 Å². The van der Waals surface area contributed by atoms with Crippen LogP contribution in [-0.4, -0.2) is 24.2 Å². The van der Waals surface area contributed by atoms with E-state index in [1.165, 1.54) is 11.3 Å². The van der Waals surface area contributed by atoms with Gasteiger partial charge in [-0.1, -0.05) is 13.0 Å². The fraction of sp³-hybridized carbons (Fsp3) is 0.353. The van der Waals surface area contributed by atoms with Crippen molar-refractivity contribution >= 4 is 17.2 Å². The number of rotatable bonds is 7. The van der Waals surface area contributed by atoms with Gasteiger partial charge in [0, 0.05) is 5.56 Å². The lowest BCUT2D eigenvalue weighted by atomic mass is 9.99. The minimum atomic E-state index is -1.08. The van der Waals surface area contributed by atoms with E-state index in [4.69, 9.17) is 4.74 Å². The average Bonchev–Trinajstić information content (AvgIpc) is 3.06. The Kier molecular flexibility index (Phi) is 5.57. The van der Waals surface area contributed by atoms with Crippen LogP contribution in [0.4, 0.5) is 0 Å². The van der Waals surface area contributed by atoms with Crippen molar-refractivity contribution in [2.24, 2.45) is 0 Å². The lowest BCUT2D eigenvalue weighted by molar-refractivity contribution is 0.0530. The molecule has 4 nitrogen and oxygen atoms in total. The highest BCUT2D eigenvalue weighted by Crippen LogP contribution is 2.22. The van der Waals surface area contributed by atoms with E-state index in [2.05, 4.69) is 5.32 Å². The Morgan fingerprint density at radius 1 is 1.41 bits per heavy atom. The largest absolute Gasteiger partial charge is 0.494 e. The van der Waals surface area contributed by atoms with E-state index < -0.39 is 5.60 Å². The second kappa shape index (κ2) is 7.42. The molecule has 2 aromatic rings. The first-order chi connectivity index (χ1) is 10.5. The van der Waals surface area contributed by atoms with Crippen molar-refractivity contribution in [2.45, 2.75) is 25.9 Å². The van der Waals surface area contributed by atoms with Crippen LogP contribution in [0, 0.1) is 0 Å². The van der Waals surface area contributed by atoms with Crippen molar-refractivity contribution in [1.82, 2.24) is 5.32 Å². The zero-order chi connectivity index (χ0) is 16.0. The Hall–Kier alpha value is -1.85. The molecule has 118 valence electrons. The summed E-state index contributed by atoms with van der Waals surface area (Å²) >= 11 is 1.52. The number of hydrogen-bond acceptors (Lipinski definition) is 4. The molecular weight excluding hydrogens is 298 g/mol. The molecular formula is C17H21NO3S. The van der Waals surface area contributed by atoms with E-state index in [0.717, 1.165) is 12.0 Å². The van der Waals surface area contributed by atoms with E-state index in [-0.39, 0.29) is 12.5 Å². The predicted molar refractivity (Wildman–Crippen MR) is 88.5 cm³/mol. The Morgan fingerprint density at radius 3 is 2.91 bits per heavy atom. The third kappa shape index (κ3) is 4.32. The quantitative estimate of drug-likeness (QED) is 0.824. The third-order valence-corrected chi connectivity index (χ3v) is 3.99. The van der Waals surface area contributed by atoms with Crippen molar-refractivity contribution in [2.75, 3.05) is 13.2 Å². The maximum Gasteiger partial charge on any atom is 0.251 e. The molecule has 2 N–H and O–H groups in total. The molecule has 1 unspecified atom stereocenters. The lowest BCUT2D eigenvalue weighted by Crippen LogP contribution is -2.38. The summed E-state index contributed by atoms with van der Waals surface area (Å²) in [7, 11) is 0. The van der Waals surface area contributed by atoms with Crippen molar-refractivity contribution in [3.63, 3.8) is 0 Å². The molecule has 0 aliphatic carbocycles. The molecule has 0 aliphatic rings. The van der Waals surface area contributed by atoms with Gasteiger partial charge in [0.2, 0.25) is 0 Å². The Bertz CT molecular complexity index is 608. The molecule has 1 heterocycles. The van der Waals surface area contributed by atoms with E-state index in [9.17, 15) is 9.90 Å². The number of nitrogens with one attached hydrogen (secondary N) is 1. The Balaban J connectivity index is 1.97. The van der Waals surface area contributed by atoms with E-state index in [1.807, 2.05) is 29.8 Å². The van der Waals surface area contributed by atoms with Gasteiger partial charge in [-0.2, -0.15) is 11.3 Å². The van der Waals surface area contributed by atoms with Crippen LogP contribution in [0.1, 0.15) is 36.2 Å². The van der Waals surface area contributed by atoms with Gasteiger partial charge in [-0.05, 0) is 53.9 Å². The van der Waals surface area contributed by atoms with Crippen LogP contribution in [0.15, 0.2) is 41.1 Å². The van der Waals surface area contributed by atoms with Gasteiger partial charge >= 0.3 is 0 Å². The Morgan fingerprint density at radius 2 is 2.23 bits per heavy atom. The number of hydrogen-bond donors (Lipinski definition) is 2. The van der Waals surface area contributed by atoms with Gasteiger partial charge in [0.1, 0.15) is 11.4 Å². The molecule has 0 bridgehead atoms. The molecule has 5 heteroatoms. The van der Waals surface area contributed by atoms with Gasteiger partial charge < -0.3 is 15.2 Å². The van der Waals surface area contributed by atoms with Crippen LogP contribution in [0.25, 0.3) is 0 Å². The van der Waals surface area contributed by atoms with Gasteiger partial charge in [-0.15, -0.1) is 0 Å². The van der Waals surface area contributed by atoms with Crippen molar-refractivity contribution in [3.05, 3.63) is 52.2 Å². The first-order valence-electron chi connectivity index (χ1n) is 7.29. The van der Waals surface area contributed by atoms with E-state index in [1.54, 1.807) is 25.1 Å². The van der Waals surface area contributed by atoms with Crippen LogP contribution in [0.3, 0.4) is 0 Å². The summed E-state index contributed by atoms with van der Waals surface area (Å²) in [4.78, 5) is 12.2. The lowest BCUT2D eigenvalue weighted by Gasteiger charge is -2.22. The topological polar surface area (TPSA) is 58.6 Å². The van der Waals surface area contributed by atoms with E-state index in [0.29, 0.717) is 17.9 Å². The number of ether oxygens (including phenoxy) is 1. The molecule has 2 rings (SSSR count). The molecule has 22 heavy (non-hydrogen) atoms. The summed E-state index contributed by atoms with van der Waals surface area (Å²) in [5.41, 5.74) is 0.249. The molecule has 1 amide bonds. The monoisotopic (exact) mass is 319 g/mol. The number of thiophene rings is 1. The molecule has 0 fully saturated rings. The van der Waals surface area contributed by atoms with Crippen molar-refractivity contribution in [1.29, 1.82) is 0 Å².